The second kappa shape index (κ2) is 5.16. The van der Waals surface area contributed by atoms with Gasteiger partial charge in [0.1, 0.15) is 0 Å². The molecule has 0 saturated carbocycles. The Balaban J connectivity index is 2.72. The lowest BCUT2D eigenvalue weighted by Gasteiger charge is -2.02. The minimum Gasteiger partial charge on any atom is -0.481 e. The van der Waals surface area contributed by atoms with E-state index >= 15 is 0 Å². The zero-order valence-electron chi connectivity index (χ0n) is 11.0. The summed E-state index contributed by atoms with van der Waals surface area (Å²) in [5.74, 6) is -0.929. The van der Waals surface area contributed by atoms with Crippen molar-refractivity contribution in [2.75, 3.05) is 0 Å². The number of aliphatic carboxylic acids is 1. The van der Waals surface area contributed by atoms with E-state index in [1.807, 2.05) is 0 Å². The molecule has 0 aliphatic heterocycles. The van der Waals surface area contributed by atoms with Gasteiger partial charge in [0.15, 0.2) is 0 Å². The van der Waals surface area contributed by atoms with Crippen molar-refractivity contribution in [2.45, 2.75) is 19.8 Å². The van der Waals surface area contributed by atoms with E-state index in [9.17, 15) is 14.9 Å². The predicted octanol–water partition coefficient (Wildman–Crippen LogP) is 3.04. The number of non-ortho nitro benzene ring substituents is 1. The molecular formula is C14H14N2O4. The van der Waals surface area contributed by atoms with Gasteiger partial charge in [-0.3, -0.25) is 14.9 Å². The zero-order chi connectivity index (χ0) is 14.9. The Labute approximate surface area is 114 Å². The highest BCUT2D eigenvalue weighted by Gasteiger charge is 2.21. The third-order valence-electron chi connectivity index (χ3n) is 3.29. The largest absolute Gasteiger partial charge is 0.481 e. The molecule has 6 nitrogen and oxygen atoms in total. The van der Waals surface area contributed by atoms with Gasteiger partial charge in [0, 0.05) is 18.2 Å². The van der Waals surface area contributed by atoms with Crippen LogP contribution < -0.4 is 0 Å². The Kier molecular flexibility index (Phi) is 3.56. The quantitative estimate of drug-likeness (QED) is 0.647. The van der Waals surface area contributed by atoms with Gasteiger partial charge in [0.25, 0.3) is 5.69 Å². The molecule has 0 radical (unpaired) electrons. The smallest absolute Gasteiger partial charge is 0.303 e. The minimum atomic E-state index is -0.929. The van der Waals surface area contributed by atoms with Crippen LogP contribution in [0.4, 0.5) is 5.69 Å². The zero-order valence-corrected chi connectivity index (χ0v) is 11.0. The highest BCUT2D eigenvalue weighted by Crippen LogP contribution is 2.34. The number of hydrogen-bond donors (Lipinski definition) is 2. The van der Waals surface area contributed by atoms with Crippen LogP contribution in [-0.4, -0.2) is 21.0 Å². The molecule has 0 saturated heterocycles. The molecule has 1 heterocycles. The van der Waals surface area contributed by atoms with E-state index in [2.05, 4.69) is 11.6 Å². The summed E-state index contributed by atoms with van der Waals surface area (Å²) in [5, 5.41) is 20.4. The molecule has 0 bridgehead atoms. The SMILES string of the molecule is C=Cc1ccc([N+](=O)[O-])c2c(CCC(=O)O)c(C)[nH]c12. The fraction of sp³-hybridized carbons (Fsp3) is 0.214. The van der Waals surface area contributed by atoms with Crippen molar-refractivity contribution in [3.05, 3.63) is 45.6 Å². The number of carboxylic acids is 1. The van der Waals surface area contributed by atoms with Crippen molar-refractivity contribution in [1.82, 2.24) is 4.98 Å². The second-order valence-electron chi connectivity index (χ2n) is 4.51. The molecule has 0 aliphatic rings. The van der Waals surface area contributed by atoms with Crippen LogP contribution in [0.1, 0.15) is 23.2 Å². The van der Waals surface area contributed by atoms with Gasteiger partial charge in [-0.05, 0) is 30.5 Å². The Morgan fingerprint density at radius 1 is 1.55 bits per heavy atom. The first kappa shape index (κ1) is 13.8. The average molecular weight is 274 g/mol. The van der Waals surface area contributed by atoms with Crippen LogP contribution >= 0.6 is 0 Å². The first-order valence-corrected chi connectivity index (χ1v) is 6.08. The number of H-pyrrole nitrogens is 1. The van der Waals surface area contributed by atoms with E-state index in [1.54, 1.807) is 19.1 Å². The molecule has 0 atom stereocenters. The average Bonchev–Trinajstić information content (AvgIpc) is 2.71. The van der Waals surface area contributed by atoms with Crippen LogP contribution in [0.25, 0.3) is 17.0 Å². The number of carbonyl (C=O) groups is 1. The molecule has 0 fully saturated rings. The molecule has 2 aromatic rings. The van der Waals surface area contributed by atoms with Crippen molar-refractivity contribution in [2.24, 2.45) is 0 Å². The fourth-order valence-electron chi connectivity index (χ4n) is 2.37. The number of nitro groups is 1. The Hall–Kier alpha value is -2.63. The number of aryl methyl sites for hydroxylation is 2. The minimum absolute atomic E-state index is 0.0182. The number of fused-ring (bicyclic) bond motifs is 1. The van der Waals surface area contributed by atoms with E-state index < -0.39 is 10.9 Å². The summed E-state index contributed by atoms with van der Waals surface area (Å²) >= 11 is 0. The summed E-state index contributed by atoms with van der Waals surface area (Å²) in [6.07, 6.45) is 1.80. The Morgan fingerprint density at radius 3 is 2.80 bits per heavy atom. The molecular weight excluding hydrogens is 260 g/mol. The number of aromatic amines is 1. The molecule has 2 N–H and O–H groups in total. The van der Waals surface area contributed by atoms with Crippen LogP contribution in [0.3, 0.4) is 0 Å². The number of benzene rings is 1. The van der Waals surface area contributed by atoms with Crippen molar-refractivity contribution >= 4 is 28.6 Å². The van der Waals surface area contributed by atoms with E-state index in [-0.39, 0.29) is 18.5 Å². The van der Waals surface area contributed by atoms with Gasteiger partial charge >= 0.3 is 5.97 Å². The van der Waals surface area contributed by atoms with Gasteiger partial charge in [0.05, 0.1) is 15.8 Å². The molecule has 1 aromatic heterocycles. The number of nitro benzene ring substituents is 1. The van der Waals surface area contributed by atoms with Gasteiger partial charge in [-0.25, -0.2) is 0 Å². The number of carboxylic acid groups (broad SMARTS) is 1. The number of rotatable bonds is 5. The van der Waals surface area contributed by atoms with Crippen LogP contribution in [0.5, 0.6) is 0 Å². The number of hydrogen-bond acceptors (Lipinski definition) is 3. The van der Waals surface area contributed by atoms with Gasteiger partial charge in [-0.2, -0.15) is 0 Å². The summed E-state index contributed by atoms with van der Waals surface area (Å²) in [6.45, 7) is 5.47. The van der Waals surface area contributed by atoms with Crippen LogP contribution in [-0.2, 0) is 11.2 Å². The lowest BCUT2D eigenvalue weighted by atomic mass is 10.0. The molecule has 0 spiro atoms. The second-order valence-corrected chi connectivity index (χ2v) is 4.51. The highest BCUT2D eigenvalue weighted by atomic mass is 16.6. The third-order valence-corrected chi connectivity index (χ3v) is 3.29. The summed E-state index contributed by atoms with van der Waals surface area (Å²) in [7, 11) is 0. The fourth-order valence-corrected chi connectivity index (χ4v) is 2.37. The van der Waals surface area contributed by atoms with E-state index in [4.69, 9.17) is 5.11 Å². The van der Waals surface area contributed by atoms with Crippen LogP contribution in [0, 0.1) is 17.0 Å². The molecule has 6 heteroatoms. The molecule has 2 rings (SSSR count). The molecule has 104 valence electrons. The van der Waals surface area contributed by atoms with Crippen molar-refractivity contribution in [3.63, 3.8) is 0 Å². The summed E-state index contributed by atoms with van der Waals surface area (Å²) in [6, 6.07) is 3.06. The predicted molar refractivity (Wildman–Crippen MR) is 75.7 cm³/mol. The summed E-state index contributed by atoms with van der Waals surface area (Å²) in [5.41, 5.74) is 2.80. The number of aromatic nitrogens is 1. The third kappa shape index (κ3) is 2.27. The maximum atomic E-state index is 11.2. The maximum absolute atomic E-state index is 11.2. The van der Waals surface area contributed by atoms with Gasteiger partial charge in [0.2, 0.25) is 0 Å². The molecule has 20 heavy (non-hydrogen) atoms. The van der Waals surface area contributed by atoms with Gasteiger partial charge in [-0.1, -0.05) is 12.7 Å². The molecule has 0 aliphatic carbocycles. The maximum Gasteiger partial charge on any atom is 0.303 e. The Bertz CT molecular complexity index is 716. The topological polar surface area (TPSA) is 96.2 Å². The van der Waals surface area contributed by atoms with E-state index in [0.29, 0.717) is 16.5 Å². The summed E-state index contributed by atoms with van der Waals surface area (Å²) < 4.78 is 0. The van der Waals surface area contributed by atoms with Crippen molar-refractivity contribution in [3.8, 4) is 0 Å². The summed E-state index contributed by atoms with van der Waals surface area (Å²) in [4.78, 5) is 24.5. The van der Waals surface area contributed by atoms with Crippen LogP contribution in [0.2, 0.25) is 0 Å². The number of nitrogens with zero attached hydrogens (tertiary/aromatic N) is 1. The normalized spacial score (nSPS) is 10.7. The van der Waals surface area contributed by atoms with E-state index in [1.165, 1.54) is 6.07 Å². The lowest BCUT2D eigenvalue weighted by molar-refractivity contribution is -0.383. The van der Waals surface area contributed by atoms with E-state index in [0.717, 1.165) is 11.3 Å². The molecule has 1 aromatic carbocycles. The van der Waals surface area contributed by atoms with Crippen LogP contribution in [0.15, 0.2) is 18.7 Å². The highest BCUT2D eigenvalue weighted by molar-refractivity contribution is 5.98. The lowest BCUT2D eigenvalue weighted by Crippen LogP contribution is -1.99. The first-order valence-electron chi connectivity index (χ1n) is 6.08. The van der Waals surface area contributed by atoms with Gasteiger partial charge in [-0.15, -0.1) is 0 Å². The van der Waals surface area contributed by atoms with Crippen molar-refractivity contribution < 1.29 is 14.8 Å². The molecule has 0 amide bonds. The van der Waals surface area contributed by atoms with Crippen molar-refractivity contribution in [1.29, 1.82) is 0 Å². The van der Waals surface area contributed by atoms with Gasteiger partial charge < -0.3 is 10.1 Å². The molecule has 0 unspecified atom stereocenters. The standard InChI is InChI=1S/C14H14N2O4/c1-3-9-4-6-11(16(19)20)13-10(5-7-12(17)18)8(2)15-14(9)13/h3-4,6,15H,1,5,7H2,2H3,(H,17,18). The first-order chi connectivity index (χ1) is 9.45. The Morgan fingerprint density at radius 2 is 2.25 bits per heavy atom. The number of nitrogens with one attached hydrogen (secondary N) is 1. The monoisotopic (exact) mass is 274 g/mol.